The number of halogens is 1. The molecule has 0 saturated heterocycles. The highest BCUT2D eigenvalue weighted by Crippen LogP contribution is 2.28. The van der Waals surface area contributed by atoms with Gasteiger partial charge in [-0.1, -0.05) is 25.7 Å². The molecule has 0 spiro atoms. The van der Waals surface area contributed by atoms with Gasteiger partial charge in [0.2, 0.25) is 0 Å². The Hall–Kier alpha value is -1.25. The molecule has 0 aromatic carbocycles. The molecule has 7 heteroatoms. The fraction of sp³-hybridized carbons (Fsp3) is 0.684. The van der Waals surface area contributed by atoms with E-state index < -0.39 is 0 Å². The topological polar surface area (TPSA) is 78.7 Å². The Kier molecular flexibility index (Phi) is 11.4. The second kappa shape index (κ2) is 13.0. The molecule has 0 atom stereocenters. The zero-order chi connectivity index (χ0) is 17.9. The Balaban J connectivity index is 0.00000338. The first-order valence-corrected chi connectivity index (χ1v) is 9.47. The number of nitrogens with one attached hydrogen (secondary N) is 3. The van der Waals surface area contributed by atoms with Gasteiger partial charge in [-0.05, 0) is 38.2 Å². The third-order valence-corrected chi connectivity index (χ3v) is 4.78. The molecule has 148 valence electrons. The van der Waals surface area contributed by atoms with Crippen molar-refractivity contribution < 1.29 is 9.21 Å². The number of carbonyl (C=O) groups is 1. The number of aliphatic imine (C=N–C) groups is 1. The quantitative estimate of drug-likeness (QED) is 0.221. The van der Waals surface area contributed by atoms with Crippen LogP contribution in [0.25, 0.3) is 0 Å². The number of aryl methyl sites for hydroxylation is 1. The predicted molar refractivity (Wildman–Crippen MR) is 116 cm³/mol. The summed E-state index contributed by atoms with van der Waals surface area (Å²) < 4.78 is 5.17. The number of nitrogens with zero attached hydrogens (tertiary/aromatic N) is 1. The molecule has 0 radical (unpaired) electrons. The minimum absolute atomic E-state index is 0. The van der Waals surface area contributed by atoms with Crippen LogP contribution in [0.4, 0.5) is 0 Å². The van der Waals surface area contributed by atoms with Gasteiger partial charge in [0.05, 0.1) is 6.26 Å². The Labute approximate surface area is 174 Å². The van der Waals surface area contributed by atoms with E-state index in [-0.39, 0.29) is 29.9 Å². The molecule has 6 nitrogen and oxygen atoms in total. The highest BCUT2D eigenvalue weighted by atomic mass is 127. The second-order valence-corrected chi connectivity index (χ2v) is 6.76. The van der Waals surface area contributed by atoms with E-state index in [1.807, 2.05) is 6.92 Å². The summed E-state index contributed by atoms with van der Waals surface area (Å²) in [5.41, 5.74) is 0.859. The van der Waals surface area contributed by atoms with E-state index in [1.54, 1.807) is 13.1 Å². The normalized spacial score (nSPS) is 14.8. The van der Waals surface area contributed by atoms with Crippen LogP contribution in [0.5, 0.6) is 0 Å². The van der Waals surface area contributed by atoms with E-state index in [1.165, 1.54) is 44.8 Å². The van der Waals surface area contributed by atoms with Crippen LogP contribution in [0.3, 0.4) is 0 Å². The van der Waals surface area contributed by atoms with Crippen LogP contribution >= 0.6 is 24.0 Å². The molecule has 1 aromatic heterocycles. The lowest BCUT2D eigenvalue weighted by atomic mass is 10.0. The van der Waals surface area contributed by atoms with Crippen molar-refractivity contribution in [3.8, 4) is 0 Å². The number of guanidine groups is 1. The zero-order valence-electron chi connectivity index (χ0n) is 16.0. The van der Waals surface area contributed by atoms with Crippen molar-refractivity contribution in [3.63, 3.8) is 0 Å². The summed E-state index contributed by atoms with van der Waals surface area (Å²) in [6.07, 6.45) is 10.5. The van der Waals surface area contributed by atoms with Crippen LogP contribution in [0.2, 0.25) is 0 Å². The monoisotopic (exact) mass is 476 g/mol. The molecule has 1 aromatic rings. The van der Waals surface area contributed by atoms with E-state index in [2.05, 4.69) is 20.9 Å². The summed E-state index contributed by atoms with van der Waals surface area (Å²) in [5, 5.41) is 9.51. The molecule has 1 fully saturated rings. The Bertz CT molecular complexity index is 553. The van der Waals surface area contributed by atoms with Gasteiger partial charge in [-0.3, -0.25) is 9.79 Å². The summed E-state index contributed by atoms with van der Waals surface area (Å²) in [7, 11) is 1.79. The molecule has 0 unspecified atom stereocenters. The van der Waals surface area contributed by atoms with Crippen molar-refractivity contribution in [1.29, 1.82) is 0 Å². The van der Waals surface area contributed by atoms with E-state index in [0.29, 0.717) is 12.3 Å². The van der Waals surface area contributed by atoms with Gasteiger partial charge >= 0.3 is 0 Å². The van der Waals surface area contributed by atoms with Crippen molar-refractivity contribution in [2.24, 2.45) is 10.9 Å². The number of furan rings is 1. The van der Waals surface area contributed by atoms with Crippen LogP contribution in [0.1, 0.15) is 61.1 Å². The number of hydrogen-bond donors (Lipinski definition) is 3. The lowest BCUT2D eigenvalue weighted by molar-refractivity contribution is 0.0925. The van der Waals surface area contributed by atoms with Crippen LogP contribution in [0.15, 0.2) is 21.7 Å². The standard InChI is InChI=1S/C19H32N4O2.HI/c1-15-10-14-25-17(15)18(24)21-12-6-13-23-19(20-2)22-11-5-9-16-7-3-4-8-16;/h10,14,16H,3-9,11-13H2,1-2H3,(H,21,24)(H2,20,22,23);1H. The lowest BCUT2D eigenvalue weighted by Gasteiger charge is -2.13. The Morgan fingerprint density at radius 3 is 2.42 bits per heavy atom. The van der Waals surface area contributed by atoms with Gasteiger partial charge in [-0.25, -0.2) is 0 Å². The molecule has 0 bridgehead atoms. The van der Waals surface area contributed by atoms with Crippen molar-refractivity contribution in [2.75, 3.05) is 26.7 Å². The maximum absolute atomic E-state index is 11.9. The summed E-state index contributed by atoms with van der Waals surface area (Å²) in [6.45, 7) is 4.19. The third kappa shape index (κ3) is 7.97. The predicted octanol–water partition coefficient (Wildman–Crippen LogP) is 3.46. The van der Waals surface area contributed by atoms with Gasteiger partial charge in [0, 0.05) is 32.2 Å². The molecule has 2 rings (SSSR count). The third-order valence-electron chi connectivity index (χ3n) is 4.78. The average Bonchev–Trinajstić information content (AvgIpc) is 3.27. The Morgan fingerprint density at radius 2 is 1.81 bits per heavy atom. The average molecular weight is 476 g/mol. The van der Waals surface area contributed by atoms with Crippen molar-refractivity contribution in [2.45, 2.75) is 51.9 Å². The molecule has 1 saturated carbocycles. The number of hydrogen-bond acceptors (Lipinski definition) is 3. The van der Waals surface area contributed by atoms with Gasteiger partial charge < -0.3 is 20.4 Å². The van der Waals surface area contributed by atoms with Crippen LogP contribution in [-0.2, 0) is 0 Å². The second-order valence-electron chi connectivity index (χ2n) is 6.76. The maximum atomic E-state index is 11.9. The zero-order valence-corrected chi connectivity index (χ0v) is 18.3. The molecule has 3 N–H and O–H groups in total. The molecular weight excluding hydrogens is 443 g/mol. The SMILES string of the molecule is CN=C(NCCCNC(=O)c1occc1C)NCCCC1CCCC1.I. The first kappa shape index (κ1) is 22.8. The minimum Gasteiger partial charge on any atom is -0.459 e. The Morgan fingerprint density at radius 1 is 1.15 bits per heavy atom. The first-order valence-electron chi connectivity index (χ1n) is 9.47. The lowest BCUT2D eigenvalue weighted by Crippen LogP contribution is -2.39. The molecule has 1 heterocycles. The highest BCUT2D eigenvalue weighted by molar-refractivity contribution is 14.0. The highest BCUT2D eigenvalue weighted by Gasteiger charge is 2.14. The molecule has 1 aliphatic rings. The van der Waals surface area contributed by atoms with E-state index >= 15 is 0 Å². The number of carbonyl (C=O) groups excluding carboxylic acids is 1. The van der Waals surface area contributed by atoms with Gasteiger partial charge in [-0.2, -0.15) is 0 Å². The van der Waals surface area contributed by atoms with Crippen LogP contribution in [-0.4, -0.2) is 38.5 Å². The maximum Gasteiger partial charge on any atom is 0.287 e. The molecule has 1 aliphatic carbocycles. The summed E-state index contributed by atoms with van der Waals surface area (Å²) in [5.74, 6) is 2.02. The van der Waals surface area contributed by atoms with Crippen molar-refractivity contribution >= 4 is 35.8 Å². The molecular formula is C19H33IN4O2. The van der Waals surface area contributed by atoms with Gasteiger partial charge in [0.15, 0.2) is 11.7 Å². The molecule has 26 heavy (non-hydrogen) atoms. The van der Waals surface area contributed by atoms with E-state index in [9.17, 15) is 4.79 Å². The smallest absolute Gasteiger partial charge is 0.287 e. The first-order chi connectivity index (χ1) is 12.2. The van der Waals surface area contributed by atoms with E-state index in [0.717, 1.165) is 37.0 Å². The summed E-state index contributed by atoms with van der Waals surface area (Å²) >= 11 is 0. The fourth-order valence-corrected chi connectivity index (χ4v) is 3.30. The minimum atomic E-state index is -0.156. The summed E-state index contributed by atoms with van der Waals surface area (Å²) in [6, 6.07) is 1.79. The fourth-order valence-electron chi connectivity index (χ4n) is 3.30. The van der Waals surface area contributed by atoms with Crippen LogP contribution in [0, 0.1) is 12.8 Å². The van der Waals surface area contributed by atoms with Crippen molar-refractivity contribution in [3.05, 3.63) is 23.7 Å². The number of amides is 1. The van der Waals surface area contributed by atoms with Gasteiger partial charge in [-0.15, -0.1) is 24.0 Å². The molecule has 0 aliphatic heterocycles. The largest absolute Gasteiger partial charge is 0.459 e. The van der Waals surface area contributed by atoms with Gasteiger partial charge in [0.1, 0.15) is 0 Å². The number of rotatable bonds is 9. The van der Waals surface area contributed by atoms with Crippen molar-refractivity contribution in [1.82, 2.24) is 16.0 Å². The van der Waals surface area contributed by atoms with Gasteiger partial charge in [0.25, 0.3) is 5.91 Å². The van der Waals surface area contributed by atoms with Crippen LogP contribution < -0.4 is 16.0 Å². The summed E-state index contributed by atoms with van der Waals surface area (Å²) in [4.78, 5) is 16.1. The van der Waals surface area contributed by atoms with E-state index in [4.69, 9.17) is 4.42 Å². The molecule has 1 amide bonds.